The van der Waals surface area contributed by atoms with Gasteiger partial charge >= 0.3 is 7.60 Å². The van der Waals surface area contributed by atoms with Crippen LogP contribution < -0.4 is 0 Å². The predicted octanol–water partition coefficient (Wildman–Crippen LogP) is 4.54. The summed E-state index contributed by atoms with van der Waals surface area (Å²) in [5.41, 5.74) is 1.84. The van der Waals surface area contributed by atoms with Gasteiger partial charge in [-0.3, -0.25) is 4.57 Å². The molecule has 7 heteroatoms. The number of benzene rings is 1. The summed E-state index contributed by atoms with van der Waals surface area (Å²) in [4.78, 5) is 3.14. The Morgan fingerprint density at radius 2 is 1.83 bits per heavy atom. The molecule has 2 aromatic rings. The minimum absolute atomic E-state index is 0.00431. The normalized spacial score (nSPS) is 13.4. The van der Waals surface area contributed by atoms with Gasteiger partial charge in [-0.05, 0) is 39.3 Å². The van der Waals surface area contributed by atoms with Crippen LogP contribution in [-0.4, -0.2) is 27.9 Å². The van der Waals surface area contributed by atoms with Gasteiger partial charge in [0.25, 0.3) is 0 Å². The van der Waals surface area contributed by atoms with Crippen molar-refractivity contribution in [2.45, 2.75) is 46.3 Å². The molecule has 0 saturated carbocycles. The molecular formula is C16H23N2O4P. The van der Waals surface area contributed by atoms with Crippen LogP contribution in [0.1, 0.15) is 33.3 Å². The molecule has 0 saturated heterocycles. The molecule has 1 aromatic heterocycles. The van der Waals surface area contributed by atoms with Crippen LogP contribution in [0.4, 0.5) is 0 Å². The lowest BCUT2D eigenvalue weighted by molar-refractivity contribution is 0.151. The molecule has 0 aliphatic carbocycles. The summed E-state index contributed by atoms with van der Waals surface area (Å²) >= 11 is 0. The summed E-state index contributed by atoms with van der Waals surface area (Å²) < 4.78 is 24.1. The minimum Gasteiger partial charge on any atom is -0.410 e. The number of nitrogens with zero attached hydrogens (tertiary/aromatic N) is 1. The zero-order valence-electron chi connectivity index (χ0n) is 13.8. The van der Waals surface area contributed by atoms with E-state index in [1.807, 2.05) is 30.5 Å². The highest BCUT2D eigenvalue weighted by atomic mass is 31.2. The molecule has 0 amide bonds. The van der Waals surface area contributed by atoms with Crippen LogP contribution in [0, 0.1) is 0 Å². The Labute approximate surface area is 136 Å². The highest BCUT2D eigenvalue weighted by Gasteiger charge is 2.35. The van der Waals surface area contributed by atoms with Crippen molar-refractivity contribution in [2.24, 2.45) is 5.16 Å². The van der Waals surface area contributed by atoms with E-state index < -0.39 is 7.60 Å². The summed E-state index contributed by atoms with van der Waals surface area (Å²) in [6, 6.07) is 7.75. The molecule has 0 radical (unpaired) electrons. The maximum absolute atomic E-state index is 13.1. The van der Waals surface area contributed by atoms with Crippen molar-refractivity contribution in [3.63, 3.8) is 0 Å². The molecule has 2 rings (SSSR count). The zero-order chi connectivity index (χ0) is 17.0. The molecule has 23 heavy (non-hydrogen) atoms. The van der Waals surface area contributed by atoms with Gasteiger partial charge < -0.3 is 19.2 Å². The van der Waals surface area contributed by atoms with Gasteiger partial charge in [0, 0.05) is 23.5 Å². The first-order chi connectivity index (χ1) is 10.9. The molecule has 0 aliphatic rings. The van der Waals surface area contributed by atoms with Gasteiger partial charge in [-0.1, -0.05) is 23.4 Å². The van der Waals surface area contributed by atoms with E-state index in [4.69, 9.17) is 9.05 Å². The van der Waals surface area contributed by atoms with Crippen molar-refractivity contribution in [3.8, 4) is 0 Å². The summed E-state index contributed by atoms with van der Waals surface area (Å²) in [7, 11) is -3.67. The van der Waals surface area contributed by atoms with E-state index >= 15 is 0 Å². The standard InChI is InChI=1S/C16H23N2O4P/c1-11(2)21-23(20,22-12(3)4)16(18-19)9-13-10-17-15-8-6-5-7-14(13)15/h5-8,10-12,17,19H,9H2,1-4H3/b18-16+. The molecule has 0 spiro atoms. The van der Waals surface area contributed by atoms with Crippen LogP contribution in [-0.2, 0) is 20.0 Å². The van der Waals surface area contributed by atoms with Gasteiger partial charge in [0.2, 0.25) is 0 Å². The molecule has 0 bridgehead atoms. The van der Waals surface area contributed by atoms with Crippen LogP contribution >= 0.6 is 7.60 Å². The lowest BCUT2D eigenvalue weighted by atomic mass is 10.1. The fraction of sp³-hybridized carbons (Fsp3) is 0.438. The molecule has 1 aromatic carbocycles. The van der Waals surface area contributed by atoms with Crippen LogP contribution in [0.3, 0.4) is 0 Å². The molecule has 0 fully saturated rings. The predicted molar refractivity (Wildman–Crippen MR) is 91.3 cm³/mol. The zero-order valence-corrected chi connectivity index (χ0v) is 14.7. The SMILES string of the molecule is CC(C)OP(=O)(OC(C)C)/C(Cc1c[nH]c2ccccc12)=N/O. The first-order valence-corrected chi connectivity index (χ1v) is 9.13. The third kappa shape index (κ3) is 4.22. The van der Waals surface area contributed by atoms with Crippen LogP contribution in [0.2, 0.25) is 0 Å². The number of nitrogens with one attached hydrogen (secondary N) is 1. The summed E-state index contributed by atoms with van der Waals surface area (Å²) in [6.07, 6.45) is 1.35. The number of fused-ring (bicyclic) bond motifs is 1. The highest BCUT2D eigenvalue weighted by Crippen LogP contribution is 2.53. The monoisotopic (exact) mass is 338 g/mol. The molecule has 0 unspecified atom stereocenters. The van der Waals surface area contributed by atoms with E-state index in [1.165, 1.54) is 0 Å². The Bertz CT molecular complexity index is 723. The number of hydrogen-bond acceptors (Lipinski definition) is 5. The Kier molecular flexibility index (Phi) is 5.63. The van der Waals surface area contributed by atoms with E-state index in [0.29, 0.717) is 0 Å². The fourth-order valence-corrected chi connectivity index (χ4v) is 4.21. The van der Waals surface area contributed by atoms with Crippen molar-refractivity contribution < 1.29 is 18.8 Å². The summed E-state index contributed by atoms with van der Waals surface area (Å²) in [6.45, 7) is 7.04. The van der Waals surface area contributed by atoms with Gasteiger partial charge in [0.05, 0.1) is 12.2 Å². The second-order valence-corrected chi connectivity index (χ2v) is 7.79. The number of rotatable bonds is 7. The average molecular weight is 338 g/mol. The van der Waals surface area contributed by atoms with E-state index in [9.17, 15) is 9.77 Å². The van der Waals surface area contributed by atoms with Crippen LogP contribution in [0.25, 0.3) is 10.9 Å². The van der Waals surface area contributed by atoms with Crippen molar-refractivity contribution in [2.75, 3.05) is 0 Å². The molecule has 6 nitrogen and oxygen atoms in total. The molecular weight excluding hydrogens is 315 g/mol. The number of hydrogen-bond donors (Lipinski definition) is 2. The van der Waals surface area contributed by atoms with E-state index in [0.717, 1.165) is 16.5 Å². The van der Waals surface area contributed by atoms with E-state index in [1.54, 1.807) is 27.7 Å². The summed E-state index contributed by atoms with van der Waals surface area (Å²) in [5, 5.41) is 13.6. The highest BCUT2D eigenvalue weighted by molar-refractivity contribution is 7.72. The van der Waals surface area contributed by atoms with Crippen LogP contribution in [0.15, 0.2) is 35.6 Å². The first-order valence-electron chi connectivity index (χ1n) is 7.59. The third-order valence-electron chi connectivity index (χ3n) is 3.15. The van der Waals surface area contributed by atoms with Crippen molar-refractivity contribution in [1.29, 1.82) is 0 Å². The number of oxime groups is 1. The number of para-hydroxylation sites is 1. The van der Waals surface area contributed by atoms with Gasteiger partial charge in [-0.15, -0.1) is 0 Å². The average Bonchev–Trinajstić information content (AvgIpc) is 2.86. The molecule has 2 N–H and O–H groups in total. The molecule has 126 valence electrons. The van der Waals surface area contributed by atoms with Crippen molar-refractivity contribution in [3.05, 3.63) is 36.0 Å². The Morgan fingerprint density at radius 1 is 1.22 bits per heavy atom. The first kappa shape index (κ1) is 17.7. The lowest BCUT2D eigenvalue weighted by Gasteiger charge is -2.23. The maximum Gasteiger partial charge on any atom is 0.379 e. The number of aromatic nitrogens is 1. The Balaban J connectivity index is 2.35. The molecule has 0 aliphatic heterocycles. The number of H-pyrrole nitrogens is 1. The topological polar surface area (TPSA) is 83.9 Å². The van der Waals surface area contributed by atoms with E-state index in [2.05, 4.69) is 10.1 Å². The van der Waals surface area contributed by atoms with E-state index in [-0.39, 0.29) is 24.1 Å². The minimum atomic E-state index is -3.67. The van der Waals surface area contributed by atoms with Gasteiger partial charge in [-0.2, -0.15) is 0 Å². The quantitative estimate of drug-likeness (QED) is 0.336. The molecule has 1 heterocycles. The van der Waals surface area contributed by atoms with Crippen molar-refractivity contribution >= 4 is 24.0 Å². The summed E-state index contributed by atoms with van der Waals surface area (Å²) in [5.74, 6) is 0. The smallest absolute Gasteiger partial charge is 0.379 e. The van der Waals surface area contributed by atoms with Gasteiger partial charge in [-0.25, -0.2) is 0 Å². The lowest BCUT2D eigenvalue weighted by Crippen LogP contribution is -2.16. The Morgan fingerprint density at radius 3 is 2.39 bits per heavy atom. The maximum atomic E-state index is 13.1. The fourth-order valence-electron chi connectivity index (χ4n) is 2.34. The second kappa shape index (κ2) is 7.30. The van der Waals surface area contributed by atoms with Crippen LogP contribution in [0.5, 0.6) is 0 Å². The Hall–Kier alpha value is -1.62. The largest absolute Gasteiger partial charge is 0.410 e. The van der Waals surface area contributed by atoms with Gasteiger partial charge in [0.1, 0.15) is 0 Å². The third-order valence-corrected chi connectivity index (χ3v) is 5.43. The number of aromatic amines is 1. The molecule has 0 atom stereocenters. The second-order valence-electron chi connectivity index (χ2n) is 5.86. The van der Waals surface area contributed by atoms with Crippen molar-refractivity contribution in [1.82, 2.24) is 4.98 Å². The van der Waals surface area contributed by atoms with Gasteiger partial charge in [0.15, 0.2) is 5.45 Å².